The molecule has 0 saturated carbocycles. The van der Waals surface area contributed by atoms with Gasteiger partial charge in [-0.3, -0.25) is 19.4 Å². The van der Waals surface area contributed by atoms with Crippen molar-refractivity contribution >= 4 is 40.6 Å². The van der Waals surface area contributed by atoms with Crippen molar-refractivity contribution < 1.29 is 24.2 Å². The molecule has 36 heavy (non-hydrogen) atoms. The largest absolute Gasteiger partial charge is 0.480 e. The topological polar surface area (TPSA) is 202 Å². The van der Waals surface area contributed by atoms with Gasteiger partial charge < -0.3 is 26.2 Å². The fourth-order valence-corrected chi connectivity index (χ4v) is 3.08. The van der Waals surface area contributed by atoms with Crippen LogP contribution >= 0.6 is 0 Å². The number of carbonyl (C=O) groups excluding carboxylic acids is 2. The van der Waals surface area contributed by atoms with E-state index < -0.39 is 29.4 Å². The zero-order valence-electron chi connectivity index (χ0n) is 19.8. The van der Waals surface area contributed by atoms with Gasteiger partial charge in [-0.2, -0.15) is 4.98 Å². The second-order valence-corrected chi connectivity index (χ2v) is 8.40. The van der Waals surface area contributed by atoms with Crippen LogP contribution in [0.4, 0.5) is 11.6 Å². The highest BCUT2D eigenvalue weighted by Crippen LogP contribution is 2.12. The van der Waals surface area contributed by atoms with Gasteiger partial charge in [0.05, 0.1) is 25.0 Å². The number of anilines is 2. The van der Waals surface area contributed by atoms with Gasteiger partial charge in [-0.15, -0.1) is 0 Å². The van der Waals surface area contributed by atoms with Crippen LogP contribution in [0.1, 0.15) is 42.7 Å². The lowest BCUT2D eigenvalue weighted by Crippen LogP contribution is -2.41. The molecule has 13 nitrogen and oxygen atoms in total. The van der Waals surface area contributed by atoms with Crippen LogP contribution in [0.15, 0.2) is 35.3 Å². The van der Waals surface area contributed by atoms with Crippen LogP contribution in [-0.4, -0.2) is 55.5 Å². The molecule has 6 N–H and O–H groups in total. The summed E-state index contributed by atoms with van der Waals surface area (Å²) in [5.74, 6) is -2.22. The lowest BCUT2D eigenvalue weighted by Gasteiger charge is -2.15. The van der Waals surface area contributed by atoms with Gasteiger partial charge >= 0.3 is 11.9 Å². The number of benzene rings is 1. The number of ether oxygens (including phenoxy) is 1. The van der Waals surface area contributed by atoms with Crippen molar-refractivity contribution in [1.82, 2.24) is 25.3 Å². The number of carboxylic acids is 1. The van der Waals surface area contributed by atoms with Crippen LogP contribution in [0, 0.1) is 5.92 Å². The molecule has 0 aliphatic heterocycles. The number of nitrogens with zero attached hydrogens (tertiary/aromatic N) is 3. The van der Waals surface area contributed by atoms with Gasteiger partial charge in [0.1, 0.15) is 6.04 Å². The molecule has 1 aromatic carbocycles. The van der Waals surface area contributed by atoms with Gasteiger partial charge in [-0.1, -0.05) is 13.8 Å². The van der Waals surface area contributed by atoms with E-state index in [1.165, 1.54) is 18.3 Å². The summed E-state index contributed by atoms with van der Waals surface area (Å²) in [7, 11) is 0. The number of carbonyl (C=O) groups is 3. The maximum absolute atomic E-state index is 12.5. The first kappa shape index (κ1) is 26.1. The summed E-state index contributed by atoms with van der Waals surface area (Å²) in [6, 6.07) is 5.09. The maximum Gasteiger partial charge on any atom is 0.326 e. The Balaban J connectivity index is 1.55. The molecule has 13 heteroatoms. The molecule has 0 bridgehead atoms. The number of aromatic nitrogens is 4. The Morgan fingerprint density at radius 3 is 2.56 bits per heavy atom. The predicted molar refractivity (Wildman–Crippen MR) is 130 cm³/mol. The van der Waals surface area contributed by atoms with Gasteiger partial charge in [0.15, 0.2) is 11.2 Å². The minimum absolute atomic E-state index is 0.0457. The molecule has 3 aromatic rings. The number of hydrogen-bond acceptors (Lipinski definition) is 10. The number of aliphatic carboxylic acids is 1. The second-order valence-electron chi connectivity index (χ2n) is 8.40. The number of nitrogens with one attached hydrogen (secondary N) is 3. The van der Waals surface area contributed by atoms with Crippen LogP contribution in [0.2, 0.25) is 0 Å². The Morgan fingerprint density at radius 2 is 1.89 bits per heavy atom. The normalized spacial score (nSPS) is 11.8. The summed E-state index contributed by atoms with van der Waals surface area (Å²) in [6.45, 7) is 4.28. The summed E-state index contributed by atoms with van der Waals surface area (Å²) in [5, 5.41) is 14.9. The first-order valence-electron chi connectivity index (χ1n) is 11.2. The molecule has 0 saturated heterocycles. The van der Waals surface area contributed by atoms with Gasteiger partial charge in [0.2, 0.25) is 5.95 Å². The van der Waals surface area contributed by atoms with E-state index in [-0.39, 0.29) is 54.6 Å². The third-order valence-corrected chi connectivity index (χ3v) is 4.93. The van der Waals surface area contributed by atoms with Crippen molar-refractivity contribution in [3.63, 3.8) is 0 Å². The number of hydrogen-bond donors (Lipinski definition) is 5. The molecule has 1 atom stereocenters. The van der Waals surface area contributed by atoms with E-state index in [4.69, 9.17) is 10.5 Å². The fourth-order valence-electron chi connectivity index (χ4n) is 3.08. The molecule has 0 radical (unpaired) electrons. The highest BCUT2D eigenvalue weighted by Gasteiger charge is 2.22. The zero-order valence-corrected chi connectivity index (χ0v) is 19.8. The highest BCUT2D eigenvalue weighted by atomic mass is 16.5. The number of carboxylic acid groups (broad SMARTS) is 1. The quantitative estimate of drug-likeness (QED) is 0.237. The number of aromatic amines is 1. The number of amides is 1. The molecule has 0 aliphatic carbocycles. The van der Waals surface area contributed by atoms with E-state index in [1.54, 1.807) is 12.1 Å². The number of rotatable bonds is 11. The van der Waals surface area contributed by atoms with Crippen LogP contribution in [0.5, 0.6) is 0 Å². The maximum atomic E-state index is 12.5. The number of fused-ring (bicyclic) bond motifs is 1. The van der Waals surface area contributed by atoms with Crippen molar-refractivity contribution in [3.8, 4) is 0 Å². The van der Waals surface area contributed by atoms with Crippen LogP contribution in [0.25, 0.3) is 11.2 Å². The van der Waals surface area contributed by atoms with E-state index >= 15 is 0 Å². The van der Waals surface area contributed by atoms with Crippen molar-refractivity contribution in [2.45, 2.75) is 39.3 Å². The Morgan fingerprint density at radius 1 is 1.17 bits per heavy atom. The van der Waals surface area contributed by atoms with Gasteiger partial charge in [-0.05, 0) is 36.6 Å². The lowest BCUT2D eigenvalue weighted by molar-refractivity contribution is -0.145. The van der Waals surface area contributed by atoms with Crippen molar-refractivity contribution in [1.29, 1.82) is 0 Å². The summed E-state index contributed by atoms with van der Waals surface area (Å²) in [6.07, 6.45) is 1.25. The summed E-state index contributed by atoms with van der Waals surface area (Å²) in [5.41, 5.74) is 6.59. The van der Waals surface area contributed by atoms with Gasteiger partial charge in [0, 0.05) is 17.7 Å². The van der Waals surface area contributed by atoms with E-state index in [2.05, 4.69) is 30.6 Å². The molecule has 0 fully saturated rings. The first-order valence-corrected chi connectivity index (χ1v) is 11.2. The predicted octanol–water partition coefficient (Wildman–Crippen LogP) is 1.07. The molecule has 190 valence electrons. The van der Waals surface area contributed by atoms with Crippen LogP contribution < -0.4 is 21.9 Å². The van der Waals surface area contributed by atoms with Crippen LogP contribution in [0.3, 0.4) is 0 Å². The Labute approximate surface area is 205 Å². The first-order chi connectivity index (χ1) is 17.1. The van der Waals surface area contributed by atoms with Gasteiger partial charge in [-0.25, -0.2) is 14.8 Å². The molecule has 0 spiro atoms. The number of nitrogens with two attached hydrogens (primary N) is 1. The third-order valence-electron chi connectivity index (χ3n) is 4.93. The number of esters is 1. The van der Waals surface area contributed by atoms with Crippen molar-refractivity contribution in [2.75, 3.05) is 17.7 Å². The molecule has 2 aromatic heterocycles. The minimum atomic E-state index is -1.24. The molecular weight excluding hydrogens is 470 g/mol. The molecule has 3 rings (SSSR count). The smallest absolute Gasteiger partial charge is 0.326 e. The third kappa shape index (κ3) is 7.22. The summed E-state index contributed by atoms with van der Waals surface area (Å²) >= 11 is 0. The summed E-state index contributed by atoms with van der Waals surface area (Å²) in [4.78, 5) is 62.4. The Hall–Kier alpha value is -4.55. The van der Waals surface area contributed by atoms with E-state index in [0.29, 0.717) is 11.4 Å². The monoisotopic (exact) mass is 497 g/mol. The SMILES string of the molecule is CC(C)COC(=O)CCC(NC(=O)c1ccc(NCc2cnc3nc(N)[nH]c(=O)c3n2)cc1)C(=O)O. The highest BCUT2D eigenvalue weighted by molar-refractivity contribution is 5.97. The number of nitrogen functional groups attached to an aromatic ring is 1. The Kier molecular flexibility index (Phi) is 8.49. The van der Waals surface area contributed by atoms with Gasteiger partial charge in [0.25, 0.3) is 11.5 Å². The molecular formula is C23H27N7O6. The molecule has 1 unspecified atom stereocenters. The summed E-state index contributed by atoms with van der Waals surface area (Å²) < 4.78 is 5.04. The Bertz CT molecular complexity index is 1310. The standard InChI is InChI=1S/C23H27N7O6/c1-12(2)11-36-17(31)8-7-16(22(34)35)28-20(32)13-3-5-14(6-4-13)25-9-15-10-26-19-18(27-15)21(33)30-23(24)29-19/h3-6,10,12,16,25H,7-9,11H2,1-2H3,(H,28,32)(H,34,35)(H3,24,26,29,30,33). The van der Waals surface area contributed by atoms with Crippen molar-refractivity contribution in [3.05, 3.63) is 52.1 Å². The number of H-pyrrole nitrogens is 1. The second kappa shape index (κ2) is 11.7. The molecule has 2 heterocycles. The van der Waals surface area contributed by atoms with Crippen molar-refractivity contribution in [2.24, 2.45) is 5.92 Å². The zero-order chi connectivity index (χ0) is 26.2. The van der Waals surface area contributed by atoms with E-state index in [9.17, 15) is 24.3 Å². The lowest BCUT2D eigenvalue weighted by atomic mass is 10.1. The average Bonchev–Trinajstić information content (AvgIpc) is 2.84. The van der Waals surface area contributed by atoms with E-state index in [0.717, 1.165) is 0 Å². The minimum Gasteiger partial charge on any atom is -0.480 e. The molecule has 0 aliphatic rings. The molecule has 1 amide bonds. The average molecular weight is 498 g/mol. The van der Waals surface area contributed by atoms with E-state index in [1.807, 2.05) is 13.8 Å². The fraction of sp³-hybridized carbons (Fsp3) is 0.348. The van der Waals surface area contributed by atoms with Crippen LogP contribution in [-0.2, 0) is 20.9 Å².